The van der Waals surface area contributed by atoms with Crippen LogP contribution >= 0.6 is 0 Å². The molecule has 4 heteroatoms. The van der Waals surface area contributed by atoms with Crippen molar-refractivity contribution >= 4 is 17.0 Å². The van der Waals surface area contributed by atoms with E-state index in [1.165, 1.54) is 0 Å². The zero-order valence-electron chi connectivity index (χ0n) is 10.5. The van der Waals surface area contributed by atoms with E-state index in [-0.39, 0.29) is 5.75 Å². The molecule has 0 atom stereocenters. The van der Waals surface area contributed by atoms with Crippen LogP contribution in [0.3, 0.4) is 0 Å². The Morgan fingerprint density at radius 1 is 1.26 bits per heavy atom. The average molecular weight is 254 g/mol. The van der Waals surface area contributed by atoms with Crippen LogP contribution in [0.25, 0.3) is 10.9 Å². The van der Waals surface area contributed by atoms with E-state index in [0.29, 0.717) is 5.52 Å². The summed E-state index contributed by atoms with van der Waals surface area (Å²) in [7, 11) is 0. The maximum absolute atomic E-state index is 10.8. The Labute approximate surface area is 110 Å². The van der Waals surface area contributed by atoms with Gasteiger partial charge in [0.25, 0.3) is 0 Å². The van der Waals surface area contributed by atoms with E-state index in [2.05, 4.69) is 9.98 Å². The van der Waals surface area contributed by atoms with Crippen molar-refractivity contribution in [1.82, 2.24) is 4.98 Å². The summed E-state index contributed by atoms with van der Waals surface area (Å²) in [5.74, 6) is 0.155. The number of aliphatic imine (C=N–C) groups is 1. The van der Waals surface area contributed by atoms with E-state index in [9.17, 15) is 9.90 Å². The molecule has 1 aromatic heterocycles. The Morgan fingerprint density at radius 2 is 2.05 bits per heavy atom. The van der Waals surface area contributed by atoms with Crippen LogP contribution in [0.5, 0.6) is 5.75 Å². The molecular formula is C15H14N2O2. The Kier molecular flexibility index (Phi) is 2.80. The number of carbonyl (C=O) groups excluding carboxylic acids is 1. The van der Waals surface area contributed by atoms with Gasteiger partial charge in [-0.05, 0) is 30.5 Å². The highest BCUT2D eigenvalue weighted by atomic mass is 16.3. The molecular weight excluding hydrogens is 240 g/mol. The molecule has 1 aliphatic rings. The van der Waals surface area contributed by atoms with E-state index in [1.807, 2.05) is 18.2 Å². The first kappa shape index (κ1) is 11.9. The molecule has 96 valence electrons. The second-order valence-electron chi connectivity index (χ2n) is 4.97. The number of hydrogen-bond acceptors (Lipinski definition) is 4. The van der Waals surface area contributed by atoms with E-state index in [1.54, 1.807) is 18.3 Å². The van der Waals surface area contributed by atoms with Crippen molar-refractivity contribution in [2.24, 2.45) is 4.99 Å². The minimum atomic E-state index is -0.489. The van der Waals surface area contributed by atoms with E-state index < -0.39 is 5.54 Å². The first-order valence-corrected chi connectivity index (χ1v) is 6.43. The zero-order valence-corrected chi connectivity index (χ0v) is 10.5. The quantitative estimate of drug-likeness (QED) is 0.661. The number of isocyanates is 1. The molecule has 0 aliphatic heterocycles. The molecule has 1 heterocycles. The molecule has 0 unspecified atom stereocenters. The normalized spacial score (nSPS) is 17.3. The number of phenols is 1. The molecule has 2 aromatic rings. The highest BCUT2D eigenvalue weighted by molar-refractivity contribution is 5.88. The lowest BCUT2D eigenvalue weighted by molar-refractivity contribution is 0.456. The number of fused-ring (bicyclic) bond motifs is 1. The molecule has 1 aromatic carbocycles. The maximum Gasteiger partial charge on any atom is 0.235 e. The number of aromatic hydroxyl groups is 1. The van der Waals surface area contributed by atoms with Gasteiger partial charge in [0, 0.05) is 11.6 Å². The molecule has 1 fully saturated rings. The monoisotopic (exact) mass is 254 g/mol. The summed E-state index contributed by atoms with van der Waals surface area (Å²) >= 11 is 0. The van der Waals surface area contributed by atoms with Crippen LogP contribution in [0.15, 0.2) is 35.5 Å². The van der Waals surface area contributed by atoms with Crippen molar-refractivity contribution in [2.45, 2.75) is 31.2 Å². The van der Waals surface area contributed by atoms with Gasteiger partial charge < -0.3 is 5.11 Å². The summed E-state index contributed by atoms with van der Waals surface area (Å²) in [4.78, 5) is 19.1. The van der Waals surface area contributed by atoms with Crippen molar-refractivity contribution in [3.63, 3.8) is 0 Å². The van der Waals surface area contributed by atoms with Gasteiger partial charge in [-0.2, -0.15) is 4.99 Å². The number of aromatic nitrogens is 1. The van der Waals surface area contributed by atoms with Crippen LogP contribution in [0.2, 0.25) is 0 Å². The van der Waals surface area contributed by atoms with Crippen LogP contribution in [-0.4, -0.2) is 16.2 Å². The van der Waals surface area contributed by atoms with Gasteiger partial charge in [0.1, 0.15) is 11.3 Å². The standard InChI is InChI=1S/C15H14N2O2/c18-10-17-15(7-1-2-8-15)12-5-6-13(19)14-11(12)4-3-9-16-14/h3-6,9,19H,1-2,7-8H2. The zero-order chi connectivity index (χ0) is 13.3. The Hall–Kier alpha value is -2.19. The van der Waals surface area contributed by atoms with Crippen LogP contribution in [0.4, 0.5) is 0 Å². The van der Waals surface area contributed by atoms with Crippen molar-refractivity contribution in [1.29, 1.82) is 0 Å². The van der Waals surface area contributed by atoms with E-state index in [0.717, 1.165) is 36.6 Å². The van der Waals surface area contributed by atoms with Crippen molar-refractivity contribution < 1.29 is 9.90 Å². The summed E-state index contributed by atoms with van der Waals surface area (Å²) in [5.41, 5.74) is 1.04. The fourth-order valence-electron chi connectivity index (χ4n) is 3.05. The fraction of sp³-hybridized carbons (Fsp3) is 0.333. The van der Waals surface area contributed by atoms with Gasteiger partial charge in [0.05, 0.1) is 5.54 Å². The molecule has 0 amide bonds. The average Bonchev–Trinajstić information content (AvgIpc) is 2.89. The third kappa shape index (κ3) is 1.81. The van der Waals surface area contributed by atoms with E-state index >= 15 is 0 Å². The van der Waals surface area contributed by atoms with Crippen LogP contribution in [0.1, 0.15) is 31.2 Å². The predicted octanol–water partition coefficient (Wildman–Crippen LogP) is 3.05. The molecule has 0 radical (unpaired) electrons. The summed E-state index contributed by atoms with van der Waals surface area (Å²) in [6.45, 7) is 0. The molecule has 4 nitrogen and oxygen atoms in total. The van der Waals surface area contributed by atoms with Gasteiger partial charge >= 0.3 is 0 Å². The van der Waals surface area contributed by atoms with Gasteiger partial charge in [-0.15, -0.1) is 0 Å². The van der Waals surface area contributed by atoms with E-state index in [4.69, 9.17) is 0 Å². The summed E-state index contributed by atoms with van der Waals surface area (Å²) in [6, 6.07) is 7.23. The van der Waals surface area contributed by atoms with Gasteiger partial charge in [-0.1, -0.05) is 25.0 Å². The molecule has 0 bridgehead atoms. The number of benzene rings is 1. The highest BCUT2D eigenvalue weighted by Crippen LogP contribution is 2.45. The summed E-state index contributed by atoms with van der Waals surface area (Å²) < 4.78 is 0. The largest absolute Gasteiger partial charge is 0.506 e. The molecule has 1 aliphatic carbocycles. The number of phenolic OH excluding ortho intramolecular Hbond substituents is 1. The highest BCUT2D eigenvalue weighted by Gasteiger charge is 2.37. The Bertz CT molecular complexity index is 669. The number of pyridine rings is 1. The molecule has 1 saturated carbocycles. The molecule has 3 rings (SSSR count). The van der Waals surface area contributed by atoms with Crippen molar-refractivity contribution in [2.75, 3.05) is 0 Å². The molecule has 0 spiro atoms. The Morgan fingerprint density at radius 3 is 2.79 bits per heavy atom. The SMILES string of the molecule is O=C=NC1(c2ccc(O)c3ncccc23)CCCC1. The third-order valence-corrected chi connectivity index (χ3v) is 3.94. The third-order valence-electron chi connectivity index (χ3n) is 3.94. The van der Waals surface area contributed by atoms with Gasteiger partial charge in [-0.25, -0.2) is 4.79 Å². The molecule has 1 N–H and O–H groups in total. The predicted molar refractivity (Wildman–Crippen MR) is 71.7 cm³/mol. The molecule has 0 saturated heterocycles. The number of nitrogens with zero attached hydrogens (tertiary/aromatic N) is 2. The smallest absolute Gasteiger partial charge is 0.235 e. The Balaban J connectivity index is 2.30. The fourth-order valence-corrected chi connectivity index (χ4v) is 3.05. The molecule has 19 heavy (non-hydrogen) atoms. The van der Waals surface area contributed by atoms with Gasteiger partial charge in [0.2, 0.25) is 6.08 Å². The topological polar surface area (TPSA) is 62.5 Å². The lowest BCUT2D eigenvalue weighted by Crippen LogP contribution is -2.19. The number of hydrogen-bond donors (Lipinski definition) is 1. The minimum absolute atomic E-state index is 0.155. The van der Waals surface area contributed by atoms with Gasteiger partial charge in [0.15, 0.2) is 0 Å². The van der Waals surface area contributed by atoms with Gasteiger partial charge in [-0.3, -0.25) is 4.98 Å². The first-order chi connectivity index (χ1) is 9.27. The number of rotatable bonds is 2. The van der Waals surface area contributed by atoms with Crippen LogP contribution in [-0.2, 0) is 10.3 Å². The summed E-state index contributed by atoms with van der Waals surface area (Å²) in [5, 5.41) is 10.7. The van der Waals surface area contributed by atoms with Crippen LogP contribution in [0, 0.1) is 0 Å². The minimum Gasteiger partial charge on any atom is -0.506 e. The lowest BCUT2D eigenvalue weighted by Gasteiger charge is -2.24. The second kappa shape index (κ2) is 4.48. The maximum atomic E-state index is 10.8. The second-order valence-corrected chi connectivity index (χ2v) is 4.97. The first-order valence-electron chi connectivity index (χ1n) is 6.43. The van der Waals surface area contributed by atoms with Crippen molar-refractivity contribution in [3.05, 3.63) is 36.0 Å². The van der Waals surface area contributed by atoms with Crippen LogP contribution < -0.4 is 0 Å². The van der Waals surface area contributed by atoms with Crippen molar-refractivity contribution in [3.8, 4) is 5.75 Å². The summed E-state index contributed by atoms with van der Waals surface area (Å²) in [6.07, 6.45) is 7.16. The lowest BCUT2D eigenvalue weighted by atomic mass is 9.86.